The highest BCUT2D eigenvalue weighted by molar-refractivity contribution is 6.13. The topological polar surface area (TPSA) is 239 Å². The number of rotatable bonds is 7. The van der Waals surface area contributed by atoms with Gasteiger partial charge in [0.05, 0.1) is 37.2 Å². The Balaban J connectivity index is 1.07. The molecule has 2 aromatic heterocycles. The number of aromatic nitrogens is 2. The van der Waals surface area contributed by atoms with Crippen LogP contribution >= 0.6 is 0 Å². The summed E-state index contributed by atoms with van der Waals surface area (Å²) in [4.78, 5) is 31.9. The second-order valence-electron chi connectivity index (χ2n) is 13.7. The molecule has 2 amide bonds. The number of carbonyl (C=O) groups excluding carboxylic acids is 2. The van der Waals surface area contributed by atoms with E-state index in [1.165, 1.54) is 0 Å². The Bertz CT molecular complexity index is 1950. The number of nitrogens with zero attached hydrogens (tertiary/aromatic N) is 2. The normalized spacial score (nSPS) is 36.1. The van der Waals surface area contributed by atoms with E-state index in [0.717, 1.165) is 27.4 Å². The van der Waals surface area contributed by atoms with E-state index in [1.54, 1.807) is 11.1 Å². The molecule has 2 aromatic carbocycles. The van der Waals surface area contributed by atoms with E-state index in [4.69, 9.17) is 14.2 Å². The predicted molar refractivity (Wildman–Crippen MR) is 176 cm³/mol. The molecule has 8 rings (SSSR count). The molecule has 6 heterocycles. The molecule has 3 fully saturated rings. The standard InChI is InChI=1S/C35H40N4O12/c40-12-21-26(41)29(44)31(46)35(51-21)49-13-22-27(42)28(43)30(45)34(50-22)38-9-8-15-4-3-6-17-19(11-39(14-38)25(15)17)24-23(32(47)37-33(24)48)18-10-36-20-7-2-1-5-16(18)20/h1-7,10-11,21-24,26-31,34-36,40-46H,8-9,12-14H2,(H,37,47,48)/t21-,22-,23+,24+,26-,27-,28+,29+,30-,31-,34?,35+/m1/s1. The van der Waals surface area contributed by atoms with Crippen molar-refractivity contribution >= 4 is 33.6 Å². The van der Waals surface area contributed by atoms with Crippen LogP contribution in [0, 0.1) is 0 Å². The zero-order chi connectivity index (χ0) is 35.7. The summed E-state index contributed by atoms with van der Waals surface area (Å²) in [5, 5.41) is 77.2. The summed E-state index contributed by atoms with van der Waals surface area (Å²) in [7, 11) is 0. The van der Waals surface area contributed by atoms with Gasteiger partial charge in [-0.1, -0.05) is 36.4 Å². The Morgan fingerprint density at radius 1 is 0.784 bits per heavy atom. The van der Waals surface area contributed by atoms with Gasteiger partial charge in [-0.25, -0.2) is 0 Å². The number of H-pyrrole nitrogens is 1. The van der Waals surface area contributed by atoms with Crippen LogP contribution in [0.1, 0.15) is 28.5 Å². The van der Waals surface area contributed by atoms with Crippen molar-refractivity contribution < 1.29 is 59.5 Å². The first kappa shape index (κ1) is 34.3. The molecule has 0 aliphatic carbocycles. The van der Waals surface area contributed by atoms with Crippen molar-refractivity contribution in [2.45, 2.75) is 86.3 Å². The molecule has 12 atom stereocenters. The van der Waals surface area contributed by atoms with Crippen LogP contribution in [0.15, 0.2) is 54.9 Å². The van der Waals surface area contributed by atoms with Crippen molar-refractivity contribution in [2.24, 2.45) is 0 Å². The van der Waals surface area contributed by atoms with Crippen molar-refractivity contribution in [3.8, 4) is 0 Å². The van der Waals surface area contributed by atoms with Crippen molar-refractivity contribution in [1.29, 1.82) is 0 Å². The molecular formula is C35H40N4O12. The fourth-order valence-corrected chi connectivity index (χ4v) is 8.10. The van der Waals surface area contributed by atoms with Gasteiger partial charge in [-0.15, -0.1) is 0 Å². The zero-order valence-electron chi connectivity index (χ0n) is 27.2. The lowest BCUT2D eigenvalue weighted by Crippen LogP contribution is -2.64. The van der Waals surface area contributed by atoms with Gasteiger partial charge in [0.1, 0.15) is 55.1 Å². The van der Waals surface area contributed by atoms with Gasteiger partial charge >= 0.3 is 0 Å². The number of amides is 2. The van der Waals surface area contributed by atoms with Crippen LogP contribution in [0.5, 0.6) is 0 Å². The second kappa shape index (κ2) is 13.3. The molecule has 4 aromatic rings. The highest BCUT2D eigenvalue weighted by Crippen LogP contribution is 2.44. The van der Waals surface area contributed by atoms with Gasteiger partial charge in [0, 0.05) is 35.2 Å². The number of fused-ring (bicyclic) bond motifs is 1. The minimum atomic E-state index is -1.68. The fourth-order valence-electron chi connectivity index (χ4n) is 8.10. The summed E-state index contributed by atoms with van der Waals surface area (Å²) in [5.74, 6) is -2.39. The number of para-hydroxylation sites is 2. The number of imide groups is 1. The summed E-state index contributed by atoms with van der Waals surface area (Å²) >= 11 is 0. The largest absolute Gasteiger partial charge is 0.394 e. The van der Waals surface area contributed by atoms with Crippen LogP contribution in [-0.2, 0) is 36.9 Å². The van der Waals surface area contributed by atoms with Crippen molar-refractivity contribution in [1.82, 2.24) is 19.8 Å². The molecule has 16 nitrogen and oxygen atoms in total. The summed E-state index contributed by atoms with van der Waals surface area (Å²) in [6, 6.07) is 13.4. The Morgan fingerprint density at radius 3 is 2.27 bits per heavy atom. The van der Waals surface area contributed by atoms with E-state index >= 15 is 0 Å². The summed E-state index contributed by atoms with van der Waals surface area (Å²) in [6.45, 7) is -0.576. The average Bonchev–Trinajstić information content (AvgIpc) is 3.76. The van der Waals surface area contributed by atoms with Gasteiger partial charge in [-0.2, -0.15) is 0 Å². The van der Waals surface area contributed by atoms with Crippen LogP contribution < -0.4 is 5.32 Å². The number of hydrogen-bond acceptors (Lipinski definition) is 13. The summed E-state index contributed by atoms with van der Waals surface area (Å²) < 4.78 is 19.1. The highest BCUT2D eigenvalue weighted by Gasteiger charge is 2.49. The Kier molecular flexibility index (Phi) is 8.97. The van der Waals surface area contributed by atoms with Crippen molar-refractivity contribution in [3.63, 3.8) is 0 Å². The molecule has 0 saturated carbocycles. The average molecular weight is 709 g/mol. The van der Waals surface area contributed by atoms with Crippen LogP contribution in [-0.4, -0.2) is 143 Å². The van der Waals surface area contributed by atoms with Crippen LogP contribution in [0.4, 0.5) is 0 Å². The summed E-state index contributed by atoms with van der Waals surface area (Å²) in [5.41, 5.74) is 4.05. The molecule has 0 spiro atoms. The van der Waals surface area contributed by atoms with Gasteiger partial charge in [-0.3, -0.25) is 19.8 Å². The lowest BCUT2D eigenvalue weighted by molar-refractivity contribution is -0.320. The molecule has 0 bridgehead atoms. The number of hydrogen-bond donors (Lipinski definition) is 9. The smallest absolute Gasteiger partial charge is 0.235 e. The minimum absolute atomic E-state index is 0.151. The molecule has 3 saturated heterocycles. The third kappa shape index (κ3) is 5.67. The number of nitrogens with one attached hydrogen (secondary N) is 2. The number of benzene rings is 2. The predicted octanol–water partition coefficient (Wildman–Crippen LogP) is -1.91. The molecule has 16 heteroatoms. The SMILES string of the molecule is O=C1NC(=O)[C@@H](c2cn3c4c(cccc24)CCN(C2O[C@H](CO[C@H]4O[C@H](CO)[C@@H](O)[C@H](O)[C@H]4O)[C@@H](O)[C@H](O)[C@H]2O)C3)[C@@H]1c1c[nH]c2ccccc12. The van der Waals surface area contributed by atoms with Gasteiger partial charge in [-0.05, 0) is 29.2 Å². The highest BCUT2D eigenvalue weighted by atomic mass is 16.7. The quantitative estimate of drug-likeness (QED) is 0.0954. The van der Waals surface area contributed by atoms with E-state index in [-0.39, 0.29) is 12.6 Å². The van der Waals surface area contributed by atoms with Crippen LogP contribution in [0.2, 0.25) is 0 Å². The van der Waals surface area contributed by atoms with E-state index in [1.807, 2.05) is 53.2 Å². The molecule has 4 aliphatic heterocycles. The number of aliphatic hydroxyl groups excluding tert-OH is 7. The Labute approximate surface area is 290 Å². The third-order valence-corrected chi connectivity index (χ3v) is 10.8. The molecule has 9 N–H and O–H groups in total. The number of aliphatic hydroxyl groups is 7. The maximum atomic E-state index is 13.5. The number of carbonyl (C=O) groups is 2. The minimum Gasteiger partial charge on any atom is -0.394 e. The first-order chi connectivity index (χ1) is 24.6. The maximum absolute atomic E-state index is 13.5. The van der Waals surface area contributed by atoms with Gasteiger partial charge in [0.2, 0.25) is 11.8 Å². The van der Waals surface area contributed by atoms with E-state index in [2.05, 4.69) is 10.3 Å². The lowest BCUT2D eigenvalue weighted by atomic mass is 9.83. The van der Waals surface area contributed by atoms with E-state index in [0.29, 0.717) is 24.1 Å². The molecule has 272 valence electrons. The van der Waals surface area contributed by atoms with Crippen LogP contribution in [0.25, 0.3) is 21.8 Å². The number of aromatic amines is 1. The molecule has 51 heavy (non-hydrogen) atoms. The molecule has 0 radical (unpaired) electrons. The van der Waals surface area contributed by atoms with Crippen molar-refractivity contribution in [2.75, 3.05) is 19.8 Å². The van der Waals surface area contributed by atoms with Crippen LogP contribution in [0.3, 0.4) is 0 Å². The number of ether oxygens (including phenoxy) is 3. The lowest BCUT2D eigenvalue weighted by Gasteiger charge is -2.45. The first-order valence-electron chi connectivity index (χ1n) is 16.9. The zero-order valence-corrected chi connectivity index (χ0v) is 27.2. The van der Waals surface area contributed by atoms with Crippen molar-refractivity contribution in [3.05, 3.63) is 71.5 Å². The third-order valence-electron chi connectivity index (χ3n) is 10.8. The summed E-state index contributed by atoms with van der Waals surface area (Å²) in [6.07, 6.45) is -10.7. The maximum Gasteiger partial charge on any atom is 0.235 e. The van der Waals surface area contributed by atoms with Gasteiger partial charge in [0.15, 0.2) is 6.29 Å². The van der Waals surface area contributed by atoms with Gasteiger partial charge in [0.25, 0.3) is 0 Å². The first-order valence-corrected chi connectivity index (χ1v) is 16.9. The fraction of sp³-hybridized carbons (Fsp3) is 0.486. The molecule has 1 unspecified atom stereocenters. The molecular weight excluding hydrogens is 668 g/mol. The molecule has 4 aliphatic rings. The Hall–Kier alpha value is -3.78. The second-order valence-corrected chi connectivity index (χ2v) is 13.7. The van der Waals surface area contributed by atoms with E-state index < -0.39 is 92.3 Å². The van der Waals surface area contributed by atoms with Gasteiger partial charge < -0.3 is 59.5 Å². The van der Waals surface area contributed by atoms with E-state index in [9.17, 15) is 45.3 Å². The monoisotopic (exact) mass is 708 g/mol. The Morgan fingerprint density at radius 2 is 1.49 bits per heavy atom.